The van der Waals surface area contributed by atoms with E-state index in [1.165, 1.54) is 22.3 Å². The summed E-state index contributed by atoms with van der Waals surface area (Å²) in [4.78, 5) is 0. The van der Waals surface area contributed by atoms with Gasteiger partial charge in [-0.05, 0) is 44.4 Å². The first kappa shape index (κ1) is 10.8. The predicted molar refractivity (Wildman–Crippen MR) is 65.1 cm³/mol. The molecule has 0 aromatic heterocycles. The lowest BCUT2D eigenvalue weighted by Crippen LogP contribution is -1.86. The van der Waals surface area contributed by atoms with E-state index in [1.807, 2.05) is 0 Å². The van der Waals surface area contributed by atoms with Crippen molar-refractivity contribution in [1.82, 2.24) is 0 Å². The Balaban J connectivity index is 3.27. The molecule has 0 nitrogen and oxygen atoms in total. The number of hydrogen-bond donors (Lipinski definition) is 0. The Kier molecular flexibility index (Phi) is 3.70. The third-order valence-corrected chi connectivity index (χ3v) is 2.46. The highest BCUT2D eigenvalue weighted by Crippen LogP contribution is 2.22. The highest BCUT2D eigenvalue weighted by Gasteiger charge is 2.01. The molecule has 0 fully saturated rings. The highest BCUT2D eigenvalue weighted by molar-refractivity contribution is 5.74. The Bertz CT molecular complexity index is 363. The minimum Gasteiger partial charge on any atom is -0.0870 e. The lowest BCUT2D eigenvalue weighted by atomic mass is 9.97. The molecule has 0 heteroatoms. The maximum Gasteiger partial charge on any atom is -0.0156 e. The van der Waals surface area contributed by atoms with Crippen LogP contribution in [0.15, 0.2) is 35.9 Å². The standard InChI is InChI=1S/C14H18/c1-5-8-13-9-6-7-10-14(13)12(4)11(2)3/h5-10H,1-4H3/b8-5+. The Morgan fingerprint density at radius 3 is 2.29 bits per heavy atom. The topological polar surface area (TPSA) is 0 Å². The molecule has 0 aliphatic carbocycles. The lowest BCUT2D eigenvalue weighted by Gasteiger charge is -2.08. The first-order chi connectivity index (χ1) is 6.66. The summed E-state index contributed by atoms with van der Waals surface area (Å²) in [7, 11) is 0. The lowest BCUT2D eigenvalue weighted by molar-refractivity contribution is 1.36. The van der Waals surface area contributed by atoms with Gasteiger partial charge in [-0.2, -0.15) is 0 Å². The Morgan fingerprint density at radius 2 is 1.71 bits per heavy atom. The minimum absolute atomic E-state index is 1.30. The van der Waals surface area contributed by atoms with Crippen molar-refractivity contribution in [3.05, 3.63) is 47.0 Å². The summed E-state index contributed by atoms with van der Waals surface area (Å²) in [5.41, 5.74) is 5.39. The van der Waals surface area contributed by atoms with Crippen molar-refractivity contribution in [2.45, 2.75) is 27.7 Å². The molecule has 0 radical (unpaired) electrons. The SMILES string of the molecule is C/C=C/c1ccccc1C(C)=C(C)C. The van der Waals surface area contributed by atoms with E-state index in [2.05, 4.69) is 64.1 Å². The van der Waals surface area contributed by atoms with Crippen LogP contribution in [0.3, 0.4) is 0 Å². The van der Waals surface area contributed by atoms with Crippen LogP contribution in [0.1, 0.15) is 38.8 Å². The van der Waals surface area contributed by atoms with E-state index in [0.29, 0.717) is 0 Å². The first-order valence-corrected chi connectivity index (χ1v) is 5.03. The average Bonchev–Trinajstić information content (AvgIpc) is 2.18. The molecule has 1 aromatic rings. The second-order valence-electron chi connectivity index (χ2n) is 3.71. The van der Waals surface area contributed by atoms with Gasteiger partial charge >= 0.3 is 0 Å². The smallest absolute Gasteiger partial charge is 0.0156 e. The summed E-state index contributed by atoms with van der Waals surface area (Å²) in [5.74, 6) is 0. The van der Waals surface area contributed by atoms with Crippen molar-refractivity contribution in [1.29, 1.82) is 0 Å². The molecule has 0 bridgehead atoms. The summed E-state index contributed by atoms with van der Waals surface area (Å²) in [6.07, 6.45) is 4.23. The maximum absolute atomic E-state index is 2.18. The summed E-state index contributed by atoms with van der Waals surface area (Å²) >= 11 is 0. The van der Waals surface area contributed by atoms with Crippen molar-refractivity contribution >= 4 is 11.6 Å². The van der Waals surface area contributed by atoms with Gasteiger partial charge in [0.15, 0.2) is 0 Å². The Morgan fingerprint density at radius 1 is 1.07 bits per heavy atom. The molecule has 74 valence electrons. The zero-order chi connectivity index (χ0) is 10.6. The Labute approximate surface area is 87.0 Å². The molecule has 0 saturated carbocycles. The third kappa shape index (κ3) is 2.35. The van der Waals surface area contributed by atoms with Gasteiger partial charge in [0.25, 0.3) is 0 Å². The van der Waals surface area contributed by atoms with E-state index in [-0.39, 0.29) is 0 Å². The maximum atomic E-state index is 2.18. The molecule has 1 rings (SSSR count). The molecule has 0 spiro atoms. The van der Waals surface area contributed by atoms with Gasteiger partial charge in [-0.3, -0.25) is 0 Å². The summed E-state index contributed by atoms with van der Waals surface area (Å²) in [5, 5.41) is 0. The second kappa shape index (κ2) is 4.80. The van der Waals surface area contributed by atoms with E-state index < -0.39 is 0 Å². The number of benzene rings is 1. The van der Waals surface area contributed by atoms with Crippen LogP contribution in [-0.2, 0) is 0 Å². The highest BCUT2D eigenvalue weighted by atomic mass is 14.1. The van der Waals surface area contributed by atoms with E-state index in [9.17, 15) is 0 Å². The van der Waals surface area contributed by atoms with Crippen molar-refractivity contribution in [2.24, 2.45) is 0 Å². The molecular formula is C14H18. The number of rotatable bonds is 2. The average molecular weight is 186 g/mol. The van der Waals surface area contributed by atoms with Crippen molar-refractivity contribution < 1.29 is 0 Å². The number of allylic oxidation sites excluding steroid dienone is 3. The fraction of sp³-hybridized carbons (Fsp3) is 0.286. The monoisotopic (exact) mass is 186 g/mol. The predicted octanol–water partition coefficient (Wildman–Crippen LogP) is 4.53. The minimum atomic E-state index is 1.30. The van der Waals surface area contributed by atoms with Gasteiger partial charge in [-0.1, -0.05) is 42.0 Å². The largest absolute Gasteiger partial charge is 0.0870 e. The van der Waals surface area contributed by atoms with Crippen LogP contribution in [0.25, 0.3) is 11.6 Å². The first-order valence-electron chi connectivity index (χ1n) is 5.03. The van der Waals surface area contributed by atoms with Gasteiger partial charge in [-0.15, -0.1) is 0 Å². The molecule has 0 aliphatic heterocycles. The molecule has 0 amide bonds. The zero-order valence-corrected chi connectivity index (χ0v) is 9.46. The molecule has 0 saturated heterocycles. The molecule has 14 heavy (non-hydrogen) atoms. The fourth-order valence-corrected chi connectivity index (χ4v) is 1.43. The van der Waals surface area contributed by atoms with E-state index in [4.69, 9.17) is 0 Å². The van der Waals surface area contributed by atoms with Crippen LogP contribution in [0, 0.1) is 0 Å². The quantitative estimate of drug-likeness (QED) is 0.636. The summed E-state index contributed by atoms with van der Waals surface area (Å²) in [6, 6.07) is 8.51. The van der Waals surface area contributed by atoms with Crippen molar-refractivity contribution in [3.63, 3.8) is 0 Å². The molecule has 1 aromatic carbocycles. The van der Waals surface area contributed by atoms with Crippen molar-refractivity contribution in [2.75, 3.05) is 0 Å². The van der Waals surface area contributed by atoms with Gasteiger partial charge < -0.3 is 0 Å². The third-order valence-electron chi connectivity index (χ3n) is 2.46. The fourth-order valence-electron chi connectivity index (χ4n) is 1.43. The molecule has 0 N–H and O–H groups in total. The molecule has 0 atom stereocenters. The van der Waals surface area contributed by atoms with Gasteiger partial charge in [0.05, 0.1) is 0 Å². The normalized spacial score (nSPS) is 10.6. The van der Waals surface area contributed by atoms with E-state index in [1.54, 1.807) is 0 Å². The van der Waals surface area contributed by atoms with Crippen LogP contribution < -0.4 is 0 Å². The molecule has 0 aliphatic rings. The number of hydrogen-bond acceptors (Lipinski definition) is 0. The molecular weight excluding hydrogens is 168 g/mol. The summed E-state index contributed by atoms with van der Waals surface area (Å²) < 4.78 is 0. The zero-order valence-electron chi connectivity index (χ0n) is 9.46. The summed E-state index contributed by atoms with van der Waals surface area (Å²) in [6.45, 7) is 8.54. The van der Waals surface area contributed by atoms with Gasteiger partial charge in [0.2, 0.25) is 0 Å². The van der Waals surface area contributed by atoms with Crippen LogP contribution in [0.4, 0.5) is 0 Å². The molecule has 0 unspecified atom stereocenters. The van der Waals surface area contributed by atoms with Crippen LogP contribution in [0.5, 0.6) is 0 Å². The molecule has 0 heterocycles. The van der Waals surface area contributed by atoms with Gasteiger partial charge in [-0.25, -0.2) is 0 Å². The van der Waals surface area contributed by atoms with Crippen LogP contribution in [-0.4, -0.2) is 0 Å². The van der Waals surface area contributed by atoms with E-state index >= 15 is 0 Å². The van der Waals surface area contributed by atoms with Gasteiger partial charge in [0, 0.05) is 0 Å². The van der Waals surface area contributed by atoms with Crippen LogP contribution >= 0.6 is 0 Å². The van der Waals surface area contributed by atoms with Crippen LogP contribution in [0.2, 0.25) is 0 Å². The van der Waals surface area contributed by atoms with Crippen molar-refractivity contribution in [3.8, 4) is 0 Å². The Hall–Kier alpha value is -1.30. The van der Waals surface area contributed by atoms with Gasteiger partial charge in [0.1, 0.15) is 0 Å². The second-order valence-corrected chi connectivity index (χ2v) is 3.71. The van der Waals surface area contributed by atoms with E-state index in [0.717, 1.165) is 0 Å².